The Bertz CT molecular complexity index is 686. The molecule has 0 N–H and O–H groups in total. The maximum Gasteiger partial charge on any atom is 0.256 e. The van der Waals surface area contributed by atoms with E-state index in [1.54, 1.807) is 4.90 Å². The van der Waals surface area contributed by atoms with Crippen LogP contribution >= 0.6 is 12.2 Å². The molecule has 1 atom stereocenters. The van der Waals surface area contributed by atoms with Gasteiger partial charge in [-0.25, -0.2) is 0 Å². The van der Waals surface area contributed by atoms with E-state index in [4.69, 9.17) is 12.2 Å². The first-order chi connectivity index (χ1) is 10.3. The lowest BCUT2D eigenvalue weighted by molar-refractivity contribution is -0.119. The molecule has 104 valence electrons. The molecule has 0 spiro atoms. The first-order valence-electron chi connectivity index (χ1n) is 7.02. The van der Waals surface area contributed by atoms with Crippen molar-refractivity contribution in [2.45, 2.75) is 19.0 Å². The minimum Gasteiger partial charge on any atom is -0.332 e. The van der Waals surface area contributed by atoms with Crippen LogP contribution in [-0.4, -0.2) is 22.0 Å². The smallest absolute Gasteiger partial charge is 0.256 e. The van der Waals surface area contributed by atoms with Gasteiger partial charge in [-0.15, -0.1) is 0 Å². The van der Waals surface area contributed by atoms with Gasteiger partial charge in [0.05, 0.1) is 5.69 Å². The zero-order valence-electron chi connectivity index (χ0n) is 11.4. The average molecular weight is 294 g/mol. The van der Waals surface area contributed by atoms with Gasteiger partial charge in [-0.2, -0.15) is 0 Å². The van der Waals surface area contributed by atoms with E-state index in [0.29, 0.717) is 5.11 Å². The zero-order chi connectivity index (χ0) is 14.4. The lowest BCUT2D eigenvalue weighted by Gasteiger charge is -2.30. The average Bonchev–Trinajstić information content (AvgIpc) is 2.77. The Morgan fingerprint density at radius 3 is 2.38 bits per heavy atom. The molecule has 3 nitrogen and oxygen atoms in total. The number of rotatable bonds is 1. The number of para-hydroxylation sites is 1. The van der Waals surface area contributed by atoms with Crippen LogP contribution in [0.25, 0.3) is 0 Å². The summed E-state index contributed by atoms with van der Waals surface area (Å²) in [7, 11) is 0. The third-order valence-corrected chi connectivity index (χ3v) is 4.62. The summed E-state index contributed by atoms with van der Waals surface area (Å²) in [6, 6.07) is 17.8. The van der Waals surface area contributed by atoms with E-state index in [2.05, 4.69) is 12.1 Å². The predicted octanol–water partition coefficient (Wildman–Crippen LogP) is 2.75. The molecule has 0 saturated carbocycles. The first kappa shape index (κ1) is 12.5. The number of benzene rings is 2. The van der Waals surface area contributed by atoms with Crippen molar-refractivity contribution in [3.63, 3.8) is 0 Å². The molecular weight excluding hydrogens is 280 g/mol. The summed E-state index contributed by atoms with van der Waals surface area (Å²) >= 11 is 5.56. The van der Waals surface area contributed by atoms with Crippen LogP contribution in [0.2, 0.25) is 0 Å². The lowest BCUT2D eigenvalue weighted by atomic mass is 9.95. The number of nitrogens with zero attached hydrogens (tertiary/aromatic N) is 2. The van der Waals surface area contributed by atoms with Crippen LogP contribution in [-0.2, 0) is 17.8 Å². The Labute approximate surface area is 128 Å². The van der Waals surface area contributed by atoms with Gasteiger partial charge in [0.1, 0.15) is 6.04 Å². The zero-order valence-corrected chi connectivity index (χ0v) is 12.2. The largest absolute Gasteiger partial charge is 0.332 e. The number of thiocarbonyl (C=S) groups is 1. The maximum absolute atomic E-state index is 12.8. The highest BCUT2D eigenvalue weighted by Gasteiger charge is 2.45. The molecule has 0 radical (unpaired) electrons. The van der Waals surface area contributed by atoms with E-state index in [-0.39, 0.29) is 11.9 Å². The Hall–Kier alpha value is -2.20. The second kappa shape index (κ2) is 4.67. The molecule has 0 aliphatic carbocycles. The summed E-state index contributed by atoms with van der Waals surface area (Å²) in [5.74, 6) is 0.0840. The highest BCUT2D eigenvalue weighted by molar-refractivity contribution is 7.80. The summed E-state index contributed by atoms with van der Waals surface area (Å²) in [5, 5.41) is 0.616. The summed E-state index contributed by atoms with van der Waals surface area (Å²) in [6.45, 7) is 0.717. The molecule has 0 unspecified atom stereocenters. The van der Waals surface area contributed by atoms with Crippen molar-refractivity contribution in [1.29, 1.82) is 0 Å². The Morgan fingerprint density at radius 2 is 1.62 bits per heavy atom. The first-order valence-corrected chi connectivity index (χ1v) is 7.43. The van der Waals surface area contributed by atoms with Gasteiger partial charge < -0.3 is 4.90 Å². The molecule has 0 bridgehead atoms. The van der Waals surface area contributed by atoms with E-state index in [1.165, 1.54) is 11.1 Å². The molecule has 1 fully saturated rings. The fraction of sp³-hybridized carbons (Fsp3) is 0.176. The quantitative estimate of drug-likeness (QED) is 0.756. The molecule has 0 aromatic heterocycles. The third-order valence-electron chi connectivity index (χ3n) is 4.21. The van der Waals surface area contributed by atoms with Crippen LogP contribution in [0.15, 0.2) is 54.6 Å². The van der Waals surface area contributed by atoms with E-state index >= 15 is 0 Å². The summed E-state index contributed by atoms with van der Waals surface area (Å²) in [4.78, 5) is 16.5. The minimum atomic E-state index is -0.160. The van der Waals surface area contributed by atoms with Gasteiger partial charge in [0.25, 0.3) is 5.91 Å². The highest BCUT2D eigenvalue weighted by atomic mass is 32.1. The number of anilines is 1. The van der Waals surface area contributed by atoms with Gasteiger partial charge in [0.15, 0.2) is 5.11 Å². The molecule has 2 aliphatic rings. The van der Waals surface area contributed by atoms with Crippen molar-refractivity contribution < 1.29 is 4.79 Å². The maximum atomic E-state index is 12.8. The van der Waals surface area contributed by atoms with Crippen LogP contribution in [0.4, 0.5) is 5.69 Å². The fourth-order valence-electron chi connectivity index (χ4n) is 3.13. The fourth-order valence-corrected chi connectivity index (χ4v) is 3.52. The van der Waals surface area contributed by atoms with Gasteiger partial charge in [0.2, 0.25) is 0 Å². The van der Waals surface area contributed by atoms with Gasteiger partial charge >= 0.3 is 0 Å². The molecule has 2 aromatic rings. The predicted molar refractivity (Wildman–Crippen MR) is 86.0 cm³/mol. The van der Waals surface area contributed by atoms with E-state index in [1.807, 2.05) is 47.4 Å². The van der Waals surface area contributed by atoms with Crippen LogP contribution in [0, 0.1) is 0 Å². The molecule has 21 heavy (non-hydrogen) atoms. The van der Waals surface area contributed by atoms with Crippen molar-refractivity contribution in [3.8, 4) is 0 Å². The van der Waals surface area contributed by atoms with E-state index in [9.17, 15) is 4.79 Å². The molecule has 4 rings (SSSR count). The van der Waals surface area contributed by atoms with Crippen molar-refractivity contribution >= 4 is 28.9 Å². The van der Waals surface area contributed by atoms with Crippen LogP contribution in [0.3, 0.4) is 0 Å². The monoisotopic (exact) mass is 294 g/mol. The van der Waals surface area contributed by atoms with Gasteiger partial charge in [0, 0.05) is 13.0 Å². The van der Waals surface area contributed by atoms with Crippen molar-refractivity contribution in [2.24, 2.45) is 0 Å². The molecule has 2 heterocycles. The summed E-state index contributed by atoms with van der Waals surface area (Å²) < 4.78 is 0. The Balaban J connectivity index is 1.73. The molecule has 1 amide bonds. The SMILES string of the molecule is O=C1[C@@H]2Cc3ccccc3CN2C(=S)N1c1ccccc1. The molecule has 2 aromatic carbocycles. The Kier molecular flexibility index (Phi) is 2.79. The van der Waals surface area contributed by atoms with Crippen LogP contribution in [0.5, 0.6) is 0 Å². The minimum absolute atomic E-state index is 0.0840. The number of carbonyl (C=O) groups excluding carboxylic acids is 1. The van der Waals surface area contributed by atoms with Crippen LogP contribution < -0.4 is 4.90 Å². The van der Waals surface area contributed by atoms with Gasteiger partial charge in [-0.05, 0) is 35.5 Å². The summed E-state index contributed by atoms with van der Waals surface area (Å²) in [6.07, 6.45) is 0.735. The van der Waals surface area contributed by atoms with Gasteiger partial charge in [-0.1, -0.05) is 42.5 Å². The second-order valence-electron chi connectivity index (χ2n) is 5.41. The van der Waals surface area contributed by atoms with Crippen LogP contribution in [0.1, 0.15) is 11.1 Å². The molecule has 1 saturated heterocycles. The third kappa shape index (κ3) is 1.87. The van der Waals surface area contributed by atoms with E-state index < -0.39 is 0 Å². The summed E-state index contributed by atoms with van der Waals surface area (Å²) in [5.41, 5.74) is 3.37. The number of hydrogen-bond acceptors (Lipinski definition) is 2. The number of carbonyl (C=O) groups is 1. The molecular formula is C17H14N2OS. The van der Waals surface area contributed by atoms with Crippen molar-refractivity contribution in [2.75, 3.05) is 4.90 Å². The van der Waals surface area contributed by atoms with Gasteiger partial charge in [-0.3, -0.25) is 9.69 Å². The van der Waals surface area contributed by atoms with E-state index in [0.717, 1.165) is 18.7 Å². The topological polar surface area (TPSA) is 23.6 Å². The molecule has 2 aliphatic heterocycles. The lowest BCUT2D eigenvalue weighted by Crippen LogP contribution is -2.39. The highest BCUT2D eigenvalue weighted by Crippen LogP contribution is 2.32. The number of amides is 1. The Morgan fingerprint density at radius 1 is 0.952 bits per heavy atom. The molecule has 4 heteroatoms. The second-order valence-corrected chi connectivity index (χ2v) is 5.77. The number of hydrogen-bond donors (Lipinski definition) is 0. The van der Waals surface area contributed by atoms with Crippen molar-refractivity contribution in [3.05, 3.63) is 65.7 Å². The number of fused-ring (bicyclic) bond motifs is 2. The normalized spacial score (nSPS) is 20.5. The van der Waals surface area contributed by atoms with Crippen molar-refractivity contribution in [1.82, 2.24) is 4.90 Å². The standard InChI is InChI=1S/C17H14N2OS/c20-16-15-10-12-6-4-5-7-13(12)11-18(15)17(21)19(16)14-8-2-1-3-9-14/h1-9,15H,10-11H2/t15-/m0/s1.